The highest BCUT2D eigenvalue weighted by Crippen LogP contribution is 2.31. The summed E-state index contributed by atoms with van der Waals surface area (Å²) >= 11 is 0. The number of amides is 2. The lowest BCUT2D eigenvalue weighted by atomic mass is 10.2. The van der Waals surface area contributed by atoms with Crippen molar-refractivity contribution in [1.29, 1.82) is 0 Å². The van der Waals surface area contributed by atoms with E-state index in [2.05, 4.69) is 10.3 Å². The number of esters is 1. The number of nitrogens with one attached hydrogen (secondary N) is 1. The molecule has 0 spiro atoms. The van der Waals surface area contributed by atoms with E-state index in [0.29, 0.717) is 23.7 Å². The van der Waals surface area contributed by atoms with E-state index < -0.39 is 23.2 Å². The summed E-state index contributed by atoms with van der Waals surface area (Å²) in [6.45, 7) is 8.41. The number of hydrogen-bond donors (Lipinski definition) is 1. The molecule has 0 bridgehead atoms. The number of aromatic nitrogens is 2. The summed E-state index contributed by atoms with van der Waals surface area (Å²) in [5.41, 5.74) is -0.445. The number of anilines is 2. The van der Waals surface area contributed by atoms with Gasteiger partial charge < -0.3 is 24.4 Å². The number of unbranched alkanes of at least 4 members (excludes halogenated alkanes) is 1. The topological polar surface area (TPSA) is 132 Å². The van der Waals surface area contributed by atoms with E-state index in [1.165, 1.54) is 21.3 Å². The van der Waals surface area contributed by atoms with Crippen LogP contribution in [-0.4, -0.2) is 77.8 Å². The molecule has 1 aliphatic carbocycles. The fraction of sp³-hybridized carbons (Fsp3) is 0.593. The van der Waals surface area contributed by atoms with Crippen LogP contribution in [0.5, 0.6) is 5.75 Å². The van der Waals surface area contributed by atoms with Gasteiger partial charge in [-0.05, 0) is 52.0 Å². The van der Waals surface area contributed by atoms with Crippen molar-refractivity contribution < 1.29 is 28.6 Å². The highest BCUT2D eigenvalue weighted by molar-refractivity contribution is 6.01. The van der Waals surface area contributed by atoms with Gasteiger partial charge in [0.15, 0.2) is 11.3 Å². The molecule has 4 rings (SSSR count). The van der Waals surface area contributed by atoms with Crippen LogP contribution >= 0.6 is 0 Å². The molecule has 1 aliphatic heterocycles. The third kappa shape index (κ3) is 6.61. The predicted octanol–water partition coefficient (Wildman–Crippen LogP) is 3.07. The Kier molecular flexibility index (Phi) is 8.31. The Hall–Kier alpha value is -3.83. The van der Waals surface area contributed by atoms with Crippen LogP contribution in [0.2, 0.25) is 0 Å². The molecule has 1 saturated heterocycles. The van der Waals surface area contributed by atoms with Crippen molar-refractivity contribution in [1.82, 2.24) is 14.3 Å². The summed E-state index contributed by atoms with van der Waals surface area (Å²) in [7, 11) is 1.20. The van der Waals surface area contributed by atoms with Crippen molar-refractivity contribution in [2.24, 2.45) is 5.92 Å². The zero-order chi connectivity index (χ0) is 28.3. The summed E-state index contributed by atoms with van der Waals surface area (Å²) in [6, 6.07) is 1.74. The van der Waals surface area contributed by atoms with E-state index in [1.807, 2.05) is 6.92 Å². The number of pyridine rings is 1. The molecule has 2 aliphatic rings. The molecule has 12 nitrogen and oxygen atoms in total. The van der Waals surface area contributed by atoms with Crippen LogP contribution in [0.1, 0.15) is 63.9 Å². The van der Waals surface area contributed by atoms with Gasteiger partial charge >= 0.3 is 17.6 Å². The van der Waals surface area contributed by atoms with Crippen molar-refractivity contribution in [3.05, 3.63) is 28.3 Å². The first kappa shape index (κ1) is 28.2. The average molecular weight is 544 g/mol. The molecule has 3 heterocycles. The predicted molar refractivity (Wildman–Crippen MR) is 145 cm³/mol. The molecule has 2 aromatic heterocycles. The van der Waals surface area contributed by atoms with Crippen LogP contribution in [0.25, 0.3) is 5.65 Å². The SMILES string of the molecule is CCCCOc1c(C(=O)OC)nc2c(N3CCN(C(=O)OC(C)(C)C)CC3=O)cc(NCC3CC3)cn2c1=O. The minimum atomic E-state index is -0.816. The molecule has 2 fully saturated rings. The van der Waals surface area contributed by atoms with E-state index in [4.69, 9.17) is 14.2 Å². The Morgan fingerprint density at radius 2 is 1.92 bits per heavy atom. The number of nitrogens with zero attached hydrogens (tertiary/aromatic N) is 4. The minimum absolute atomic E-state index is 0.110. The minimum Gasteiger partial charge on any atom is -0.486 e. The van der Waals surface area contributed by atoms with E-state index >= 15 is 0 Å². The molecular formula is C27H37N5O7. The Balaban J connectivity index is 1.76. The van der Waals surface area contributed by atoms with Crippen LogP contribution in [0.15, 0.2) is 17.1 Å². The van der Waals surface area contributed by atoms with Crippen molar-refractivity contribution in [2.45, 2.75) is 59.0 Å². The van der Waals surface area contributed by atoms with Crippen LogP contribution in [0.4, 0.5) is 16.2 Å². The first-order valence-electron chi connectivity index (χ1n) is 13.4. The molecule has 0 unspecified atom stereocenters. The highest BCUT2D eigenvalue weighted by atomic mass is 16.6. The van der Waals surface area contributed by atoms with Crippen molar-refractivity contribution in [3.8, 4) is 5.75 Å². The van der Waals surface area contributed by atoms with Gasteiger partial charge in [-0.25, -0.2) is 14.6 Å². The zero-order valence-electron chi connectivity index (χ0n) is 23.2. The number of hydrogen-bond acceptors (Lipinski definition) is 9. The van der Waals surface area contributed by atoms with E-state index in [1.54, 1.807) is 33.0 Å². The normalized spacial score (nSPS) is 15.9. The maximum absolute atomic E-state index is 13.6. The van der Waals surface area contributed by atoms with E-state index in [0.717, 1.165) is 25.8 Å². The Morgan fingerprint density at radius 3 is 2.54 bits per heavy atom. The molecule has 39 heavy (non-hydrogen) atoms. The van der Waals surface area contributed by atoms with Gasteiger partial charge in [0.2, 0.25) is 11.7 Å². The smallest absolute Gasteiger partial charge is 0.410 e. The molecule has 0 radical (unpaired) electrons. The second-order valence-corrected chi connectivity index (χ2v) is 10.9. The van der Waals surface area contributed by atoms with Crippen LogP contribution in [0.3, 0.4) is 0 Å². The van der Waals surface area contributed by atoms with Gasteiger partial charge in [-0.15, -0.1) is 0 Å². The van der Waals surface area contributed by atoms with Gasteiger partial charge in [0.05, 0.1) is 25.1 Å². The first-order chi connectivity index (χ1) is 18.5. The maximum atomic E-state index is 13.6. The first-order valence-corrected chi connectivity index (χ1v) is 13.4. The number of piperazine rings is 1. The molecular weight excluding hydrogens is 506 g/mol. The number of methoxy groups -OCH3 is 1. The average Bonchev–Trinajstić information content (AvgIpc) is 3.71. The third-order valence-corrected chi connectivity index (χ3v) is 6.44. The number of carbonyl (C=O) groups excluding carboxylic acids is 3. The van der Waals surface area contributed by atoms with E-state index in [-0.39, 0.29) is 49.2 Å². The van der Waals surface area contributed by atoms with Crippen molar-refractivity contribution in [3.63, 3.8) is 0 Å². The van der Waals surface area contributed by atoms with E-state index in [9.17, 15) is 19.2 Å². The molecule has 1 N–H and O–H groups in total. The fourth-order valence-corrected chi connectivity index (χ4v) is 4.18. The molecule has 0 atom stereocenters. The summed E-state index contributed by atoms with van der Waals surface area (Å²) in [6.07, 6.45) is 4.83. The lowest BCUT2D eigenvalue weighted by molar-refractivity contribution is -0.121. The summed E-state index contributed by atoms with van der Waals surface area (Å²) in [5.74, 6) is -0.818. The molecule has 0 aromatic carbocycles. The summed E-state index contributed by atoms with van der Waals surface area (Å²) in [5, 5.41) is 3.35. The third-order valence-electron chi connectivity index (χ3n) is 6.44. The number of ether oxygens (including phenoxy) is 3. The van der Waals surface area contributed by atoms with Crippen molar-refractivity contribution >= 4 is 35.0 Å². The largest absolute Gasteiger partial charge is 0.486 e. The van der Waals surface area contributed by atoms with Gasteiger partial charge in [-0.3, -0.25) is 18.9 Å². The van der Waals surface area contributed by atoms with Crippen LogP contribution in [-0.2, 0) is 14.3 Å². The van der Waals surface area contributed by atoms with Gasteiger partial charge in [-0.2, -0.15) is 0 Å². The Labute approximate surface area is 227 Å². The van der Waals surface area contributed by atoms with Gasteiger partial charge in [0, 0.05) is 25.8 Å². The van der Waals surface area contributed by atoms with Crippen LogP contribution < -0.4 is 20.5 Å². The summed E-state index contributed by atoms with van der Waals surface area (Å²) in [4.78, 5) is 59.5. The standard InChI is InChI=1S/C27H37N5O7/c1-6-7-12-38-22-21(25(35)37-5)29-23-19(13-18(15-32(23)24(22)34)28-14-17-8-9-17)31-11-10-30(16-20(31)33)26(36)39-27(2,3)4/h13,15,17,28H,6-12,14,16H2,1-5H3. The summed E-state index contributed by atoms with van der Waals surface area (Å²) < 4.78 is 17.3. The van der Waals surface area contributed by atoms with Crippen LogP contribution in [0, 0.1) is 5.92 Å². The second-order valence-electron chi connectivity index (χ2n) is 10.9. The van der Waals surface area contributed by atoms with Crippen molar-refractivity contribution in [2.75, 3.05) is 50.1 Å². The lowest BCUT2D eigenvalue weighted by Gasteiger charge is -2.35. The zero-order valence-corrected chi connectivity index (χ0v) is 23.2. The Bertz CT molecular complexity index is 1310. The molecule has 2 aromatic rings. The van der Waals surface area contributed by atoms with Gasteiger partial charge in [-0.1, -0.05) is 13.3 Å². The fourth-order valence-electron chi connectivity index (χ4n) is 4.18. The molecule has 1 saturated carbocycles. The highest BCUT2D eigenvalue weighted by Gasteiger charge is 2.33. The second kappa shape index (κ2) is 11.5. The van der Waals surface area contributed by atoms with Gasteiger partial charge in [0.25, 0.3) is 0 Å². The van der Waals surface area contributed by atoms with Gasteiger partial charge in [0.1, 0.15) is 12.1 Å². The molecule has 2 amide bonds. The lowest BCUT2D eigenvalue weighted by Crippen LogP contribution is -2.53. The molecule has 12 heteroatoms. The maximum Gasteiger partial charge on any atom is 0.410 e. The Morgan fingerprint density at radius 1 is 1.18 bits per heavy atom. The quantitative estimate of drug-likeness (QED) is 0.374. The molecule has 212 valence electrons. The number of carbonyl (C=O) groups is 3. The monoisotopic (exact) mass is 543 g/mol. The number of rotatable bonds is 9. The number of fused-ring (bicyclic) bond motifs is 1.